The van der Waals surface area contributed by atoms with Crippen LogP contribution in [-0.4, -0.2) is 6.54 Å². The maximum atomic E-state index is 12.9. The van der Waals surface area contributed by atoms with Crippen LogP contribution in [0.3, 0.4) is 0 Å². The summed E-state index contributed by atoms with van der Waals surface area (Å²) in [6, 6.07) is 5.03. The highest BCUT2D eigenvalue weighted by Gasteiger charge is 2.13. The monoisotopic (exact) mass is 197 g/mol. The Balaban J connectivity index is 2.34. The van der Waals surface area contributed by atoms with Gasteiger partial charge in [0.15, 0.2) is 0 Å². The molecule has 70 valence electrons. The van der Waals surface area contributed by atoms with Crippen molar-refractivity contribution in [3.05, 3.63) is 29.6 Å². The van der Waals surface area contributed by atoms with Crippen molar-refractivity contribution < 1.29 is 4.39 Å². The Morgan fingerprint density at radius 2 is 2.38 bits per heavy atom. The van der Waals surface area contributed by atoms with Gasteiger partial charge in [0.25, 0.3) is 0 Å². The molecule has 1 aromatic rings. The van der Waals surface area contributed by atoms with Gasteiger partial charge in [-0.25, -0.2) is 4.39 Å². The molecule has 0 bridgehead atoms. The molecule has 0 aromatic heterocycles. The molecule has 0 saturated heterocycles. The fourth-order valence-corrected chi connectivity index (χ4v) is 2.48. The van der Waals surface area contributed by atoms with Gasteiger partial charge >= 0.3 is 0 Å². The zero-order valence-electron chi connectivity index (χ0n) is 7.51. The van der Waals surface area contributed by atoms with Gasteiger partial charge in [-0.05, 0) is 42.0 Å². The first-order valence-electron chi connectivity index (χ1n) is 4.44. The van der Waals surface area contributed by atoms with Crippen LogP contribution in [0.2, 0.25) is 0 Å². The summed E-state index contributed by atoms with van der Waals surface area (Å²) in [4.78, 5) is 1.03. The summed E-state index contributed by atoms with van der Waals surface area (Å²) in [5.74, 6) is 0.474. The fourth-order valence-electron chi connectivity index (χ4n) is 1.50. The Kier molecular flexibility index (Phi) is 2.56. The second-order valence-corrected chi connectivity index (χ2v) is 4.44. The maximum absolute atomic E-state index is 12.9. The van der Waals surface area contributed by atoms with E-state index in [4.69, 9.17) is 0 Å². The van der Waals surface area contributed by atoms with Gasteiger partial charge in [0.1, 0.15) is 5.82 Å². The van der Waals surface area contributed by atoms with Gasteiger partial charge in [0, 0.05) is 11.4 Å². The first kappa shape index (κ1) is 9.03. The molecular formula is C10H12FNS. The molecule has 1 aliphatic heterocycles. The molecule has 0 saturated carbocycles. The summed E-state index contributed by atoms with van der Waals surface area (Å²) < 4.78 is 16.1. The fraction of sp³-hybridized carbons (Fsp3) is 0.400. The van der Waals surface area contributed by atoms with E-state index in [1.165, 1.54) is 23.6 Å². The highest BCUT2D eigenvalue weighted by Crippen LogP contribution is 2.26. The Bertz CT molecular complexity index is 314. The summed E-state index contributed by atoms with van der Waals surface area (Å²) in [5, 5.41) is 0. The van der Waals surface area contributed by atoms with Crippen LogP contribution < -0.4 is 4.72 Å². The van der Waals surface area contributed by atoms with Crippen molar-refractivity contribution in [3.8, 4) is 0 Å². The average Bonchev–Trinajstić information content (AvgIpc) is 2.25. The zero-order chi connectivity index (χ0) is 9.26. The van der Waals surface area contributed by atoms with Crippen molar-refractivity contribution in [2.75, 3.05) is 6.54 Å². The Morgan fingerprint density at radius 3 is 3.23 bits per heavy atom. The number of hydrogen-bond acceptors (Lipinski definition) is 2. The molecule has 2 rings (SSSR count). The van der Waals surface area contributed by atoms with E-state index < -0.39 is 0 Å². The van der Waals surface area contributed by atoms with E-state index in [1.807, 2.05) is 6.07 Å². The predicted molar refractivity (Wildman–Crippen MR) is 53.1 cm³/mol. The van der Waals surface area contributed by atoms with Gasteiger partial charge in [-0.3, -0.25) is 4.72 Å². The van der Waals surface area contributed by atoms with Gasteiger partial charge < -0.3 is 0 Å². The number of halogens is 1. The second kappa shape index (κ2) is 3.68. The number of rotatable bonds is 0. The lowest BCUT2D eigenvalue weighted by Crippen LogP contribution is -2.12. The quantitative estimate of drug-likeness (QED) is 0.642. The molecule has 1 aliphatic rings. The molecule has 0 radical (unpaired) electrons. The molecule has 1 heterocycles. The lowest BCUT2D eigenvalue weighted by molar-refractivity contribution is 0.575. The minimum atomic E-state index is -0.150. The molecule has 0 aliphatic carbocycles. The third-order valence-corrected chi connectivity index (χ3v) is 3.12. The van der Waals surface area contributed by atoms with E-state index >= 15 is 0 Å². The van der Waals surface area contributed by atoms with Crippen LogP contribution in [0, 0.1) is 11.7 Å². The average molecular weight is 197 g/mol. The highest BCUT2D eigenvalue weighted by molar-refractivity contribution is 7.97. The van der Waals surface area contributed by atoms with Crippen LogP contribution in [0.4, 0.5) is 4.39 Å². The predicted octanol–water partition coefficient (Wildman–Crippen LogP) is 2.61. The van der Waals surface area contributed by atoms with Crippen molar-refractivity contribution >= 4 is 11.9 Å². The summed E-state index contributed by atoms with van der Waals surface area (Å²) in [5.41, 5.74) is 1.25. The van der Waals surface area contributed by atoms with E-state index in [2.05, 4.69) is 11.6 Å². The van der Waals surface area contributed by atoms with Crippen molar-refractivity contribution in [1.82, 2.24) is 4.72 Å². The molecule has 1 atom stereocenters. The van der Waals surface area contributed by atoms with Crippen molar-refractivity contribution in [2.45, 2.75) is 18.2 Å². The first-order valence-corrected chi connectivity index (χ1v) is 5.25. The molecule has 1 nitrogen and oxygen atoms in total. The van der Waals surface area contributed by atoms with Crippen LogP contribution in [0.25, 0.3) is 0 Å². The summed E-state index contributed by atoms with van der Waals surface area (Å²) in [6.07, 6.45) is 1.04. The van der Waals surface area contributed by atoms with Crippen molar-refractivity contribution in [3.63, 3.8) is 0 Å². The summed E-state index contributed by atoms with van der Waals surface area (Å²) in [6.45, 7) is 3.19. The van der Waals surface area contributed by atoms with Crippen LogP contribution >= 0.6 is 11.9 Å². The third kappa shape index (κ3) is 2.03. The molecule has 0 fully saturated rings. The molecule has 0 amide bonds. The second-order valence-electron chi connectivity index (χ2n) is 3.51. The standard InChI is InChI=1S/C10H12FNS/c1-7-4-8-2-3-9(11)5-10(8)13-12-6-7/h2-3,5,7,12H,4,6H2,1H3/t7-/m0/s1. The number of benzene rings is 1. The molecule has 0 spiro atoms. The smallest absolute Gasteiger partial charge is 0.124 e. The largest absolute Gasteiger partial charge is 0.260 e. The Morgan fingerprint density at radius 1 is 1.54 bits per heavy atom. The van der Waals surface area contributed by atoms with E-state index in [1.54, 1.807) is 6.07 Å². The first-order chi connectivity index (χ1) is 6.25. The molecule has 13 heavy (non-hydrogen) atoms. The van der Waals surface area contributed by atoms with Gasteiger partial charge in [-0.1, -0.05) is 13.0 Å². The number of hydrogen-bond donors (Lipinski definition) is 1. The minimum absolute atomic E-state index is 0.150. The molecule has 1 aromatic carbocycles. The van der Waals surface area contributed by atoms with Crippen molar-refractivity contribution in [2.24, 2.45) is 5.92 Å². The minimum Gasteiger partial charge on any atom is -0.260 e. The van der Waals surface area contributed by atoms with E-state index in [9.17, 15) is 4.39 Å². The SMILES string of the molecule is C[C@@H]1CNSc2cc(F)ccc2C1. The highest BCUT2D eigenvalue weighted by atomic mass is 32.2. The molecule has 0 unspecified atom stereocenters. The maximum Gasteiger partial charge on any atom is 0.124 e. The topological polar surface area (TPSA) is 12.0 Å². The van der Waals surface area contributed by atoms with Crippen LogP contribution in [-0.2, 0) is 6.42 Å². The zero-order valence-corrected chi connectivity index (χ0v) is 8.33. The normalized spacial score (nSPS) is 22.2. The van der Waals surface area contributed by atoms with Gasteiger partial charge in [-0.15, -0.1) is 0 Å². The molecule has 1 N–H and O–H groups in total. The Labute approximate surface area is 81.9 Å². The van der Waals surface area contributed by atoms with Gasteiger partial charge in [0.2, 0.25) is 0 Å². The number of nitrogens with one attached hydrogen (secondary N) is 1. The van der Waals surface area contributed by atoms with Crippen LogP contribution in [0.1, 0.15) is 12.5 Å². The van der Waals surface area contributed by atoms with E-state index in [0.29, 0.717) is 5.92 Å². The van der Waals surface area contributed by atoms with E-state index in [-0.39, 0.29) is 5.82 Å². The summed E-state index contributed by atoms with van der Waals surface area (Å²) in [7, 11) is 0. The molecular weight excluding hydrogens is 185 g/mol. The summed E-state index contributed by atoms with van der Waals surface area (Å²) >= 11 is 1.54. The van der Waals surface area contributed by atoms with Crippen molar-refractivity contribution in [1.29, 1.82) is 0 Å². The van der Waals surface area contributed by atoms with Crippen LogP contribution in [0.5, 0.6) is 0 Å². The Hall–Kier alpha value is -0.540. The lowest BCUT2D eigenvalue weighted by atomic mass is 10.0. The number of fused-ring (bicyclic) bond motifs is 1. The van der Waals surface area contributed by atoms with E-state index in [0.717, 1.165) is 17.9 Å². The third-order valence-electron chi connectivity index (χ3n) is 2.21. The van der Waals surface area contributed by atoms with Crippen LogP contribution in [0.15, 0.2) is 23.1 Å². The lowest BCUT2D eigenvalue weighted by Gasteiger charge is -2.06. The van der Waals surface area contributed by atoms with Gasteiger partial charge in [0.05, 0.1) is 0 Å². The molecule has 3 heteroatoms. The van der Waals surface area contributed by atoms with Gasteiger partial charge in [-0.2, -0.15) is 0 Å².